The van der Waals surface area contributed by atoms with Gasteiger partial charge in [-0.2, -0.15) is 4.98 Å². The predicted octanol–water partition coefficient (Wildman–Crippen LogP) is -1.63. The lowest BCUT2D eigenvalue weighted by atomic mass is 10.5. The van der Waals surface area contributed by atoms with Crippen LogP contribution in [-0.2, 0) is 0 Å². The van der Waals surface area contributed by atoms with Crippen molar-refractivity contribution in [2.24, 2.45) is 0 Å². The molecule has 0 atom stereocenters. The van der Waals surface area contributed by atoms with Gasteiger partial charge < -0.3 is 15.8 Å². The molecule has 0 amide bonds. The maximum atomic E-state index is 11.1. The van der Waals surface area contributed by atoms with Gasteiger partial charge in [-0.25, -0.2) is 9.97 Å². The molecule has 7 nitrogen and oxygen atoms in total. The highest BCUT2D eigenvalue weighted by Crippen LogP contribution is 2.12. The van der Waals surface area contributed by atoms with Crippen molar-refractivity contribution in [1.82, 2.24) is 19.9 Å². The summed E-state index contributed by atoms with van der Waals surface area (Å²) in [4.78, 5) is 23.7. The van der Waals surface area contributed by atoms with Crippen LogP contribution in [0.5, 0.6) is 5.88 Å². The number of nitrogen functional groups attached to an aromatic ring is 1. The van der Waals surface area contributed by atoms with E-state index in [1.165, 1.54) is 0 Å². The molecule has 2 aromatic heterocycles. The van der Waals surface area contributed by atoms with Crippen LogP contribution in [-0.4, -0.2) is 19.9 Å². The first kappa shape index (κ1) is 7.47. The molecule has 0 saturated heterocycles. The van der Waals surface area contributed by atoms with Gasteiger partial charge in [0, 0.05) is 5.88 Å². The third kappa shape index (κ3) is 1.15. The molecule has 2 aromatic rings. The highest BCUT2D eigenvalue weighted by atomic mass is 16.3. The molecule has 0 saturated carbocycles. The van der Waals surface area contributed by atoms with E-state index in [0.29, 0.717) is 0 Å². The molecule has 0 radical (unpaired) electrons. The summed E-state index contributed by atoms with van der Waals surface area (Å²) in [5.41, 5.74) is 4.80. The van der Waals surface area contributed by atoms with Gasteiger partial charge in [0.25, 0.3) is 5.56 Å². The summed E-state index contributed by atoms with van der Waals surface area (Å²) in [7, 11) is 0. The Hall–Kier alpha value is -2.18. The fourth-order valence-corrected chi connectivity index (χ4v) is 0.923. The lowest BCUT2D eigenvalue weighted by Gasteiger charge is -2.06. The molecule has 0 aliphatic rings. The summed E-state index contributed by atoms with van der Waals surface area (Å²) in [6.45, 7) is 0. The number of aromatic amines is 1. The molecule has 0 fully saturated rings. The van der Waals surface area contributed by atoms with Crippen molar-refractivity contribution in [2.75, 3.05) is 5.73 Å². The Kier molecular flexibility index (Phi) is 1.38. The van der Waals surface area contributed by atoms with Gasteiger partial charge in [0.2, 0.25) is 5.95 Å². The Labute approximate surface area is 71.3 Å². The number of hydrogen-bond acceptors (Lipinski definition) is 6. The number of fused-ring (bicyclic) bond motifs is 1. The lowest BCUT2D eigenvalue weighted by Crippen LogP contribution is -2.10. The molecule has 0 bridgehead atoms. The first-order valence-corrected chi connectivity index (χ1v) is 3.36. The molecular formula is C6H4N5O2-. The Morgan fingerprint density at radius 1 is 1.46 bits per heavy atom. The van der Waals surface area contributed by atoms with E-state index in [-0.39, 0.29) is 17.1 Å². The van der Waals surface area contributed by atoms with Crippen molar-refractivity contribution in [3.05, 3.63) is 16.6 Å². The van der Waals surface area contributed by atoms with Crippen molar-refractivity contribution in [3.63, 3.8) is 0 Å². The molecule has 2 rings (SSSR count). The molecule has 0 spiro atoms. The molecule has 0 aliphatic carbocycles. The largest absolute Gasteiger partial charge is 0.857 e. The minimum atomic E-state index is -0.632. The van der Waals surface area contributed by atoms with Crippen LogP contribution in [0.4, 0.5) is 5.95 Å². The zero-order valence-corrected chi connectivity index (χ0v) is 6.31. The maximum absolute atomic E-state index is 11.1. The van der Waals surface area contributed by atoms with Gasteiger partial charge >= 0.3 is 0 Å². The number of nitrogens with zero attached hydrogens (tertiary/aromatic N) is 3. The van der Waals surface area contributed by atoms with Crippen LogP contribution in [0, 0.1) is 0 Å². The Morgan fingerprint density at radius 3 is 3.00 bits per heavy atom. The number of aromatic nitrogens is 4. The van der Waals surface area contributed by atoms with Crippen LogP contribution in [0.15, 0.2) is 11.0 Å². The van der Waals surface area contributed by atoms with Crippen LogP contribution in [0.1, 0.15) is 0 Å². The first-order chi connectivity index (χ1) is 6.16. The topological polar surface area (TPSA) is 121 Å². The van der Waals surface area contributed by atoms with Crippen LogP contribution in [0.2, 0.25) is 0 Å². The van der Waals surface area contributed by atoms with Crippen molar-refractivity contribution in [3.8, 4) is 5.88 Å². The lowest BCUT2D eigenvalue weighted by molar-refractivity contribution is -0.272. The smallest absolute Gasteiger partial charge is 0.267 e. The molecule has 0 aromatic carbocycles. The summed E-state index contributed by atoms with van der Waals surface area (Å²) in [6, 6.07) is 0. The fourth-order valence-electron chi connectivity index (χ4n) is 0.923. The van der Waals surface area contributed by atoms with E-state index in [1.807, 2.05) is 0 Å². The number of nitrogens with one attached hydrogen (secondary N) is 1. The maximum Gasteiger partial charge on any atom is 0.267 e. The van der Waals surface area contributed by atoms with Crippen LogP contribution in [0.25, 0.3) is 11.2 Å². The summed E-state index contributed by atoms with van der Waals surface area (Å²) < 4.78 is 0. The van der Waals surface area contributed by atoms with Gasteiger partial charge in [-0.05, 0) is 0 Å². The molecular weight excluding hydrogens is 174 g/mol. The third-order valence-electron chi connectivity index (χ3n) is 1.43. The summed E-state index contributed by atoms with van der Waals surface area (Å²) in [5, 5.41) is 11.1. The first-order valence-electron chi connectivity index (χ1n) is 3.36. The molecule has 3 N–H and O–H groups in total. The quantitative estimate of drug-likeness (QED) is 0.499. The number of nitrogens with two attached hydrogens (primary N) is 1. The van der Waals surface area contributed by atoms with Crippen molar-refractivity contribution >= 4 is 17.1 Å². The van der Waals surface area contributed by atoms with Gasteiger partial charge in [0.15, 0.2) is 5.65 Å². The summed E-state index contributed by atoms with van der Waals surface area (Å²) in [5.74, 6) is -0.787. The standard InChI is InChI=1S/C6H5N5O2/c7-6-10-4-3(5(13)11-6)9-2(12)1-8-4/h1H,(H,9,12)(H3,7,8,10,11,13)/p-1. The van der Waals surface area contributed by atoms with Crippen molar-refractivity contribution in [2.45, 2.75) is 0 Å². The average Bonchev–Trinajstić information content (AvgIpc) is 2.06. The highest BCUT2D eigenvalue weighted by molar-refractivity contribution is 5.75. The monoisotopic (exact) mass is 178 g/mol. The zero-order chi connectivity index (χ0) is 9.42. The Bertz CT molecular complexity index is 520. The minimum Gasteiger partial charge on any atom is -0.857 e. The number of hydrogen-bond donors (Lipinski definition) is 2. The van der Waals surface area contributed by atoms with Gasteiger partial charge in [-0.15, -0.1) is 0 Å². The third-order valence-corrected chi connectivity index (χ3v) is 1.43. The molecule has 0 aliphatic heterocycles. The molecule has 2 heterocycles. The SMILES string of the molecule is Nc1nc([O-])c2[nH]c(=O)cnc2n1. The highest BCUT2D eigenvalue weighted by Gasteiger charge is 2.00. The fraction of sp³-hybridized carbons (Fsp3) is 0. The molecule has 13 heavy (non-hydrogen) atoms. The summed E-state index contributed by atoms with van der Waals surface area (Å²) in [6.07, 6.45) is 1.02. The Balaban J connectivity index is 2.95. The average molecular weight is 178 g/mol. The number of H-pyrrole nitrogens is 1. The van der Waals surface area contributed by atoms with Crippen LogP contribution in [0.3, 0.4) is 0 Å². The van der Waals surface area contributed by atoms with E-state index in [1.54, 1.807) is 0 Å². The van der Waals surface area contributed by atoms with Crippen LogP contribution < -0.4 is 16.4 Å². The van der Waals surface area contributed by atoms with Gasteiger partial charge in [0.05, 0.1) is 11.7 Å². The van der Waals surface area contributed by atoms with E-state index in [2.05, 4.69) is 19.9 Å². The van der Waals surface area contributed by atoms with Crippen molar-refractivity contribution in [1.29, 1.82) is 0 Å². The number of rotatable bonds is 0. The molecule has 7 heteroatoms. The van der Waals surface area contributed by atoms with Gasteiger partial charge in [0.1, 0.15) is 0 Å². The predicted molar refractivity (Wildman–Crippen MR) is 41.8 cm³/mol. The number of anilines is 1. The van der Waals surface area contributed by atoms with E-state index in [9.17, 15) is 9.90 Å². The second-order valence-corrected chi connectivity index (χ2v) is 2.33. The van der Waals surface area contributed by atoms with E-state index in [4.69, 9.17) is 5.73 Å². The van der Waals surface area contributed by atoms with Gasteiger partial charge in [-0.3, -0.25) is 4.79 Å². The van der Waals surface area contributed by atoms with Gasteiger partial charge in [-0.1, -0.05) is 0 Å². The second kappa shape index (κ2) is 2.41. The molecule has 66 valence electrons. The van der Waals surface area contributed by atoms with Crippen molar-refractivity contribution < 1.29 is 5.11 Å². The minimum absolute atomic E-state index is 0.0262. The second-order valence-electron chi connectivity index (χ2n) is 2.33. The summed E-state index contributed by atoms with van der Waals surface area (Å²) >= 11 is 0. The van der Waals surface area contributed by atoms with Crippen LogP contribution >= 0.6 is 0 Å². The normalized spacial score (nSPS) is 10.5. The zero-order valence-electron chi connectivity index (χ0n) is 6.31. The molecule has 0 unspecified atom stereocenters. The van der Waals surface area contributed by atoms with E-state index in [0.717, 1.165) is 6.20 Å². The Morgan fingerprint density at radius 2 is 2.23 bits per heavy atom. The van der Waals surface area contributed by atoms with E-state index >= 15 is 0 Å². The van der Waals surface area contributed by atoms with E-state index < -0.39 is 11.4 Å².